The van der Waals surface area contributed by atoms with Crippen LogP contribution in [-0.4, -0.2) is 25.4 Å². The lowest BCUT2D eigenvalue weighted by atomic mass is 10.2. The molecule has 3 rings (SSSR count). The molecule has 0 bridgehead atoms. The Balaban J connectivity index is 1.67. The van der Waals surface area contributed by atoms with E-state index in [4.69, 9.17) is 0 Å². The monoisotopic (exact) mass is 319 g/mol. The van der Waals surface area contributed by atoms with E-state index < -0.39 is 0 Å². The average molecular weight is 319 g/mol. The van der Waals surface area contributed by atoms with Crippen LogP contribution in [0.15, 0.2) is 55.1 Å². The van der Waals surface area contributed by atoms with Crippen LogP contribution in [0.3, 0.4) is 0 Å². The molecular weight excluding hydrogens is 302 g/mol. The van der Waals surface area contributed by atoms with Gasteiger partial charge in [0.25, 0.3) is 0 Å². The van der Waals surface area contributed by atoms with E-state index in [1.165, 1.54) is 6.08 Å². The van der Waals surface area contributed by atoms with Gasteiger partial charge in [-0.3, -0.25) is 9.36 Å². The van der Waals surface area contributed by atoms with E-state index in [1.807, 2.05) is 44.2 Å². The molecule has 1 amide bonds. The van der Waals surface area contributed by atoms with Crippen molar-refractivity contribution in [3.63, 3.8) is 0 Å². The van der Waals surface area contributed by atoms with Crippen LogP contribution in [0.1, 0.15) is 17.0 Å². The van der Waals surface area contributed by atoms with Gasteiger partial charge in [-0.1, -0.05) is 30.3 Å². The highest BCUT2D eigenvalue weighted by atomic mass is 16.1. The molecular formula is C18H17N5O. The maximum Gasteiger partial charge on any atom is 0.248 e. The summed E-state index contributed by atoms with van der Waals surface area (Å²) in [5, 5.41) is 2.74. The lowest BCUT2D eigenvalue weighted by Gasteiger charge is -2.05. The highest BCUT2D eigenvalue weighted by Gasteiger charge is 2.07. The summed E-state index contributed by atoms with van der Waals surface area (Å²) < 4.78 is 1.80. The Morgan fingerprint density at radius 3 is 2.42 bits per heavy atom. The second kappa shape index (κ2) is 6.87. The number of benzene rings is 1. The third-order valence-corrected chi connectivity index (χ3v) is 3.60. The molecule has 0 saturated heterocycles. The number of imidazole rings is 1. The number of hydrogen-bond donors (Lipinski definition) is 1. The molecule has 0 fully saturated rings. The molecule has 0 aliphatic carbocycles. The van der Waals surface area contributed by atoms with Crippen molar-refractivity contribution < 1.29 is 4.79 Å². The van der Waals surface area contributed by atoms with Gasteiger partial charge in [0.1, 0.15) is 6.33 Å². The first-order chi connectivity index (χ1) is 11.6. The van der Waals surface area contributed by atoms with E-state index in [-0.39, 0.29) is 5.91 Å². The fourth-order valence-corrected chi connectivity index (χ4v) is 2.13. The summed E-state index contributed by atoms with van der Waals surface area (Å²) in [7, 11) is 0. The maximum atomic E-state index is 11.9. The Hall–Kier alpha value is -3.28. The molecule has 0 aliphatic heterocycles. The Morgan fingerprint density at radius 1 is 1.08 bits per heavy atom. The maximum absolute atomic E-state index is 11.9. The van der Waals surface area contributed by atoms with Crippen LogP contribution >= 0.6 is 0 Å². The average Bonchev–Trinajstić information content (AvgIpc) is 2.94. The zero-order chi connectivity index (χ0) is 16.9. The van der Waals surface area contributed by atoms with Crippen LogP contribution in [0.2, 0.25) is 0 Å². The van der Waals surface area contributed by atoms with Crippen LogP contribution in [0.5, 0.6) is 0 Å². The van der Waals surface area contributed by atoms with Gasteiger partial charge in [-0.2, -0.15) is 0 Å². The molecule has 2 aromatic heterocycles. The molecule has 3 aromatic rings. The third kappa shape index (κ3) is 3.55. The lowest BCUT2D eigenvalue weighted by Crippen LogP contribution is -2.09. The number of anilines is 1. The van der Waals surface area contributed by atoms with Crippen molar-refractivity contribution >= 4 is 17.7 Å². The number of aromatic nitrogens is 4. The number of nitrogens with zero attached hydrogens (tertiary/aromatic N) is 4. The van der Waals surface area contributed by atoms with E-state index in [0.717, 1.165) is 17.0 Å². The van der Waals surface area contributed by atoms with Crippen molar-refractivity contribution in [2.24, 2.45) is 0 Å². The quantitative estimate of drug-likeness (QED) is 0.750. The number of nitrogens with one attached hydrogen (secondary N) is 1. The van der Waals surface area contributed by atoms with Gasteiger partial charge in [0.15, 0.2) is 0 Å². The summed E-state index contributed by atoms with van der Waals surface area (Å²) in [4.78, 5) is 24.7. The zero-order valence-electron chi connectivity index (χ0n) is 13.5. The SMILES string of the molecule is Cc1ncn(-c2ncc(NC(=O)/C=C/c3ccccc3)cn2)c1C. The molecule has 0 atom stereocenters. The van der Waals surface area contributed by atoms with E-state index in [9.17, 15) is 4.79 Å². The Kier molecular flexibility index (Phi) is 4.47. The van der Waals surface area contributed by atoms with Crippen LogP contribution in [0, 0.1) is 13.8 Å². The molecule has 24 heavy (non-hydrogen) atoms. The molecule has 120 valence electrons. The van der Waals surface area contributed by atoms with Crippen LogP contribution < -0.4 is 5.32 Å². The molecule has 1 N–H and O–H groups in total. The molecule has 0 radical (unpaired) electrons. The lowest BCUT2D eigenvalue weighted by molar-refractivity contribution is -0.111. The van der Waals surface area contributed by atoms with Crippen LogP contribution in [0.4, 0.5) is 5.69 Å². The standard InChI is InChI=1S/C18H17N5O/c1-13-14(2)23(12-21-13)18-19-10-16(11-20-18)22-17(24)9-8-15-6-4-3-5-7-15/h3-12H,1-2H3,(H,22,24)/b9-8+. The van der Waals surface area contributed by atoms with E-state index in [1.54, 1.807) is 29.4 Å². The van der Waals surface area contributed by atoms with Crippen molar-refractivity contribution in [3.8, 4) is 5.95 Å². The topological polar surface area (TPSA) is 72.7 Å². The fourth-order valence-electron chi connectivity index (χ4n) is 2.13. The molecule has 6 heteroatoms. The summed E-state index contributed by atoms with van der Waals surface area (Å²) in [6.07, 6.45) is 8.06. The summed E-state index contributed by atoms with van der Waals surface area (Å²) in [5.74, 6) is 0.288. The predicted molar refractivity (Wildman–Crippen MR) is 92.7 cm³/mol. The summed E-state index contributed by atoms with van der Waals surface area (Å²) >= 11 is 0. The first kappa shape index (κ1) is 15.6. The molecule has 0 spiro atoms. The minimum Gasteiger partial charge on any atom is -0.320 e. The fraction of sp³-hybridized carbons (Fsp3) is 0.111. The van der Waals surface area contributed by atoms with E-state index in [0.29, 0.717) is 11.6 Å². The second-order valence-electron chi connectivity index (χ2n) is 5.29. The van der Waals surface area contributed by atoms with Gasteiger partial charge in [-0.15, -0.1) is 0 Å². The van der Waals surface area contributed by atoms with Gasteiger partial charge in [0.05, 0.1) is 23.8 Å². The Morgan fingerprint density at radius 2 is 1.79 bits per heavy atom. The van der Waals surface area contributed by atoms with Crippen LogP contribution in [-0.2, 0) is 4.79 Å². The van der Waals surface area contributed by atoms with Crippen molar-refractivity contribution in [2.75, 3.05) is 5.32 Å². The van der Waals surface area contributed by atoms with Gasteiger partial charge in [0, 0.05) is 11.8 Å². The third-order valence-electron chi connectivity index (χ3n) is 3.60. The number of rotatable bonds is 4. The number of carbonyl (C=O) groups excluding carboxylic acids is 1. The highest BCUT2D eigenvalue weighted by molar-refractivity contribution is 6.01. The van der Waals surface area contributed by atoms with Gasteiger partial charge >= 0.3 is 0 Å². The molecule has 0 unspecified atom stereocenters. The number of amides is 1. The largest absolute Gasteiger partial charge is 0.320 e. The number of aryl methyl sites for hydroxylation is 1. The molecule has 6 nitrogen and oxygen atoms in total. The molecule has 2 heterocycles. The van der Waals surface area contributed by atoms with Crippen LogP contribution in [0.25, 0.3) is 12.0 Å². The predicted octanol–water partition coefficient (Wildman–Crippen LogP) is 2.93. The molecule has 0 aliphatic rings. The number of carbonyl (C=O) groups is 1. The van der Waals surface area contributed by atoms with E-state index in [2.05, 4.69) is 20.3 Å². The minimum absolute atomic E-state index is 0.232. The van der Waals surface area contributed by atoms with E-state index >= 15 is 0 Å². The van der Waals surface area contributed by atoms with Gasteiger partial charge in [-0.05, 0) is 25.5 Å². The minimum atomic E-state index is -0.232. The smallest absolute Gasteiger partial charge is 0.248 e. The normalized spacial score (nSPS) is 10.9. The second-order valence-corrected chi connectivity index (χ2v) is 5.29. The van der Waals surface area contributed by atoms with Crippen molar-refractivity contribution in [2.45, 2.75) is 13.8 Å². The van der Waals surface area contributed by atoms with Gasteiger partial charge < -0.3 is 5.32 Å². The van der Waals surface area contributed by atoms with Crippen molar-refractivity contribution in [1.29, 1.82) is 0 Å². The summed E-state index contributed by atoms with van der Waals surface area (Å²) in [5.41, 5.74) is 3.42. The first-order valence-corrected chi connectivity index (χ1v) is 7.50. The summed E-state index contributed by atoms with van der Waals surface area (Å²) in [6, 6.07) is 9.63. The zero-order valence-corrected chi connectivity index (χ0v) is 13.5. The molecule has 1 aromatic carbocycles. The van der Waals surface area contributed by atoms with Gasteiger partial charge in [-0.25, -0.2) is 15.0 Å². The number of hydrogen-bond acceptors (Lipinski definition) is 4. The Bertz CT molecular complexity index is 866. The first-order valence-electron chi connectivity index (χ1n) is 7.50. The highest BCUT2D eigenvalue weighted by Crippen LogP contribution is 2.11. The Labute approximate surface area is 139 Å². The van der Waals surface area contributed by atoms with Crippen molar-refractivity contribution in [3.05, 3.63) is 72.1 Å². The van der Waals surface area contributed by atoms with Crippen molar-refractivity contribution in [1.82, 2.24) is 19.5 Å². The van der Waals surface area contributed by atoms with Gasteiger partial charge in [0.2, 0.25) is 11.9 Å². The summed E-state index contributed by atoms with van der Waals surface area (Å²) in [6.45, 7) is 3.88. The molecule has 0 saturated carbocycles.